The summed E-state index contributed by atoms with van der Waals surface area (Å²) in [7, 11) is 2.99. The molecule has 1 N–H and O–H groups in total. The number of thiazole rings is 1. The Bertz CT molecular complexity index is 1200. The molecule has 1 aromatic heterocycles. The summed E-state index contributed by atoms with van der Waals surface area (Å²) in [6.45, 7) is 0. The van der Waals surface area contributed by atoms with Crippen molar-refractivity contribution in [3.05, 3.63) is 70.2 Å². The van der Waals surface area contributed by atoms with Crippen LogP contribution in [-0.4, -0.2) is 25.1 Å². The van der Waals surface area contributed by atoms with Crippen LogP contribution in [0.3, 0.4) is 0 Å². The molecule has 30 heavy (non-hydrogen) atoms. The number of rotatable bonds is 5. The van der Waals surface area contributed by atoms with Gasteiger partial charge in [-0.15, -0.1) is 11.3 Å². The molecule has 0 radical (unpaired) electrons. The van der Waals surface area contributed by atoms with E-state index < -0.39 is 5.91 Å². The van der Waals surface area contributed by atoms with Gasteiger partial charge in [0.25, 0.3) is 5.91 Å². The van der Waals surface area contributed by atoms with Gasteiger partial charge in [-0.25, -0.2) is 4.98 Å². The van der Waals surface area contributed by atoms with Crippen molar-refractivity contribution >= 4 is 56.3 Å². The Morgan fingerprint density at radius 3 is 2.37 bits per heavy atom. The van der Waals surface area contributed by atoms with E-state index in [1.165, 1.54) is 25.6 Å². The molecule has 0 spiro atoms. The van der Waals surface area contributed by atoms with Crippen molar-refractivity contribution in [2.24, 2.45) is 0 Å². The molecule has 0 unspecified atom stereocenters. The predicted molar refractivity (Wildman–Crippen MR) is 123 cm³/mol. The van der Waals surface area contributed by atoms with Crippen molar-refractivity contribution in [2.45, 2.75) is 0 Å². The highest BCUT2D eigenvalue weighted by atomic mass is 35.5. The number of hydrogen-bond donors (Lipinski definition) is 1. The number of aromatic nitrogens is 1. The van der Waals surface area contributed by atoms with E-state index >= 15 is 0 Å². The first-order valence-corrected chi connectivity index (χ1v) is 10.5. The lowest BCUT2D eigenvalue weighted by molar-refractivity contribution is 0.102. The molecular weight excluding hydrogens is 443 g/mol. The van der Waals surface area contributed by atoms with E-state index in [9.17, 15) is 4.79 Å². The van der Waals surface area contributed by atoms with Gasteiger partial charge in [0.1, 0.15) is 22.1 Å². The lowest BCUT2D eigenvalue weighted by Crippen LogP contribution is -2.15. The SMILES string of the molecule is COc1cccc(OC)c1C(=O)Nc1c(Cl)cc(Cl)cc1-c1nc2ccccc2s1. The highest BCUT2D eigenvalue weighted by Crippen LogP contribution is 2.41. The van der Waals surface area contributed by atoms with Gasteiger partial charge in [0.2, 0.25) is 0 Å². The molecule has 3 aromatic carbocycles. The number of carbonyl (C=O) groups excluding carboxylic acids is 1. The van der Waals surface area contributed by atoms with Crippen LogP contribution in [0.15, 0.2) is 54.6 Å². The van der Waals surface area contributed by atoms with E-state index in [0.29, 0.717) is 37.8 Å². The number of anilines is 1. The number of amides is 1. The molecule has 152 valence electrons. The van der Waals surface area contributed by atoms with E-state index in [2.05, 4.69) is 10.3 Å². The van der Waals surface area contributed by atoms with Crippen molar-refractivity contribution in [2.75, 3.05) is 19.5 Å². The molecule has 8 heteroatoms. The Morgan fingerprint density at radius 1 is 1.00 bits per heavy atom. The van der Waals surface area contributed by atoms with Crippen LogP contribution in [0.4, 0.5) is 5.69 Å². The summed E-state index contributed by atoms with van der Waals surface area (Å²) in [6.07, 6.45) is 0. The number of fused-ring (bicyclic) bond motifs is 1. The maximum absolute atomic E-state index is 13.2. The molecule has 0 aliphatic carbocycles. The zero-order chi connectivity index (χ0) is 21.3. The van der Waals surface area contributed by atoms with E-state index in [1.807, 2.05) is 24.3 Å². The molecular formula is C22H16Cl2N2O3S. The van der Waals surface area contributed by atoms with Crippen LogP contribution in [0.1, 0.15) is 10.4 Å². The molecule has 4 rings (SSSR count). The Kier molecular flexibility index (Phi) is 5.81. The summed E-state index contributed by atoms with van der Waals surface area (Å²) in [6, 6.07) is 16.2. The number of nitrogens with one attached hydrogen (secondary N) is 1. The van der Waals surface area contributed by atoms with Gasteiger partial charge in [0.15, 0.2) is 0 Å². The quantitative estimate of drug-likeness (QED) is 0.368. The maximum atomic E-state index is 13.2. The minimum absolute atomic E-state index is 0.267. The molecule has 0 atom stereocenters. The highest BCUT2D eigenvalue weighted by molar-refractivity contribution is 7.21. The van der Waals surface area contributed by atoms with Gasteiger partial charge in [0.05, 0.1) is 35.1 Å². The lowest BCUT2D eigenvalue weighted by Gasteiger charge is -2.15. The topological polar surface area (TPSA) is 60.5 Å². The second-order valence-corrected chi connectivity index (χ2v) is 8.16. The monoisotopic (exact) mass is 458 g/mol. The van der Waals surface area contributed by atoms with Gasteiger partial charge < -0.3 is 14.8 Å². The molecule has 0 aliphatic rings. The molecule has 0 aliphatic heterocycles. The van der Waals surface area contributed by atoms with E-state index in [0.717, 1.165) is 10.2 Å². The molecule has 0 saturated heterocycles. The third kappa shape index (κ3) is 3.81. The van der Waals surface area contributed by atoms with Gasteiger partial charge >= 0.3 is 0 Å². The first-order valence-electron chi connectivity index (χ1n) is 8.89. The van der Waals surface area contributed by atoms with Gasteiger partial charge in [-0.2, -0.15) is 0 Å². The van der Waals surface area contributed by atoms with Crippen LogP contribution >= 0.6 is 34.5 Å². The van der Waals surface area contributed by atoms with Crippen molar-refractivity contribution in [1.29, 1.82) is 0 Å². The summed E-state index contributed by atoms with van der Waals surface area (Å²) in [5, 5.41) is 4.34. The molecule has 4 aromatic rings. The Labute approximate surface area is 187 Å². The Hall–Kier alpha value is -2.80. The number of hydrogen-bond acceptors (Lipinski definition) is 5. The number of carbonyl (C=O) groups is 1. The fraction of sp³-hybridized carbons (Fsp3) is 0.0909. The lowest BCUT2D eigenvalue weighted by atomic mass is 10.1. The maximum Gasteiger partial charge on any atom is 0.263 e. The number of nitrogens with zero attached hydrogens (tertiary/aromatic N) is 1. The predicted octanol–water partition coefficient (Wildman–Crippen LogP) is 6.54. The standard InChI is InChI=1S/C22H16Cl2N2O3S/c1-28-16-7-5-8-17(29-2)19(16)21(27)26-20-13(10-12(23)11-14(20)24)22-25-15-6-3-4-9-18(15)30-22/h3-11H,1-2H3,(H,26,27). The number of methoxy groups -OCH3 is 2. The fourth-order valence-corrected chi connectivity index (χ4v) is 4.64. The zero-order valence-corrected chi connectivity index (χ0v) is 18.4. The molecule has 0 bridgehead atoms. The Balaban J connectivity index is 1.82. The van der Waals surface area contributed by atoms with Crippen molar-refractivity contribution in [3.8, 4) is 22.1 Å². The second-order valence-electron chi connectivity index (χ2n) is 6.29. The zero-order valence-electron chi connectivity index (χ0n) is 16.0. The van der Waals surface area contributed by atoms with Gasteiger partial charge in [-0.05, 0) is 36.4 Å². The summed E-state index contributed by atoms with van der Waals surface area (Å²) < 4.78 is 11.7. The average Bonchev–Trinajstić information content (AvgIpc) is 3.18. The van der Waals surface area contributed by atoms with Crippen molar-refractivity contribution in [1.82, 2.24) is 4.98 Å². The summed E-state index contributed by atoms with van der Waals surface area (Å²) in [4.78, 5) is 17.9. The van der Waals surface area contributed by atoms with E-state index in [4.69, 9.17) is 32.7 Å². The molecule has 0 saturated carbocycles. The van der Waals surface area contributed by atoms with Crippen LogP contribution in [0, 0.1) is 0 Å². The number of ether oxygens (including phenoxy) is 2. The largest absolute Gasteiger partial charge is 0.496 e. The molecule has 0 fully saturated rings. The summed E-state index contributed by atoms with van der Waals surface area (Å²) >= 11 is 14.2. The molecule has 5 nitrogen and oxygen atoms in total. The van der Waals surface area contributed by atoms with Gasteiger partial charge in [-0.1, -0.05) is 41.4 Å². The van der Waals surface area contributed by atoms with Crippen LogP contribution in [0.5, 0.6) is 11.5 Å². The summed E-state index contributed by atoms with van der Waals surface area (Å²) in [5.41, 5.74) is 2.18. The third-order valence-corrected chi connectivity index (χ3v) is 6.06. The van der Waals surface area contributed by atoms with Crippen LogP contribution in [0.25, 0.3) is 20.8 Å². The van der Waals surface area contributed by atoms with Crippen molar-refractivity contribution < 1.29 is 14.3 Å². The average molecular weight is 459 g/mol. The van der Waals surface area contributed by atoms with Crippen LogP contribution in [-0.2, 0) is 0 Å². The smallest absolute Gasteiger partial charge is 0.263 e. The minimum Gasteiger partial charge on any atom is -0.496 e. The second kappa shape index (κ2) is 8.52. The van der Waals surface area contributed by atoms with Crippen LogP contribution in [0.2, 0.25) is 10.0 Å². The number of benzene rings is 3. The molecule has 1 heterocycles. The first-order chi connectivity index (χ1) is 14.5. The van der Waals surface area contributed by atoms with Gasteiger partial charge in [0, 0.05) is 10.6 Å². The van der Waals surface area contributed by atoms with Crippen LogP contribution < -0.4 is 14.8 Å². The molecule has 1 amide bonds. The Morgan fingerprint density at radius 2 is 1.70 bits per heavy atom. The van der Waals surface area contributed by atoms with Crippen molar-refractivity contribution in [3.63, 3.8) is 0 Å². The number of halogens is 2. The fourth-order valence-electron chi connectivity index (χ4n) is 3.11. The first kappa shape index (κ1) is 20.5. The minimum atomic E-state index is -0.420. The number of para-hydroxylation sites is 1. The summed E-state index contributed by atoms with van der Waals surface area (Å²) in [5.74, 6) is 0.354. The van der Waals surface area contributed by atoms with E-state index in [-0.39, 0.29) is 5.56 Å². The van der Waals surface area contributed by atoms with Gasteiger partial charge in [-0.3, -0.25) is 4.79 Å². The highest BCUT2D eigenvalue weighted by Gasteiger charge is 2.22. The van der Waals surface area contributed by atoms with E-state index in [1.54, 1.807) is 30.3 Å². The normalized spacial score (nSPS) is 10.8. The third-order valence-electron chi connectivity index (χ3n) is 4.47.